The van der Waals surface area contributed by atoms with Crippen molar-refractivity contribution in [1.29, 1.82) is 0 Å². The first-order chi connectivity index (χ1) is 14.5. The van der Waals surface area contributed by atoms with Crippen molar-refractivity contribution in [3.63, 3.8) is 0 Å². The zero-order valence-corrected chi connectivity index (χ0v) is 17.8. The van der Waals surface area contributed by atoms with E-state index in [1.807, 2.05) is 30.3 Å². The van der Waals surface area contributed by atoms with Gasteiger partial charge in [0.2, 0.25) is 5.91 Å². The molecule has 0 radical (unpaired) electrons. The molecule has 0 aromatic heterocycles. The highest BCUT2D eigenvalue weighted by molar-refractivity contribution is 9.10. The minimum Gasteiger partial charge on any atom is -0.493 e. The largest absolute Gasteiger partial charge is 0.493 e. The Morgan fingerprint density at radius 3 is 2.43 bits per heavy atom. The van der Waals surface area contributed by atoms with Crippen LogP contribution in [0.25, 0.3) is 0 Å². The van der Waals surface area contributed by atoms with E-state index in [4.69, 9.17) is 9.47 Å². The maximum atomic E-state index is 12.3. The molecule has 1 amide bonds. The lowest BCUT2D eigenvalue weighted by molar-refractivity contribution is -0.120. The van der Waals surface area contributed by atoms with Crippen LogP contribution in [0.1, 0.15) is 21.5 Å². The van der Waals surface area contributed by atoms with E-state index in [1.165, 1.54) is 13.3 Å². The van der Waals surface area contributed by atoms with E-state index in [0.717, 1.165) is 10.0 Å². The molecule has 3 aromatic rings. The van der Waals surface area contributed by atoms with Gasteiger partial charge in [-0.2, -0.15) is 5.10 Å². The number of hydrogen-bond acceptors (Lipinski definition) is 5. The summed E-state index contributed by atoms with van der Waals surface area (Å²) in [5.41, 5.74) is 4.50. The van der Waals surface area contributed by atoms with Gasteiger partial charge in [-0.15, -0.1) is 0 Å². The maximum absolute atomic E-state index is 12.3. The zero-order valence-electron chi connectivity index (χ0n) is 16.2. The molecule has 0 aliphatic rings. The number of hydrazone groups is 1. The number of esters is 1. The van der Waals surface area contributed by atoms with Crippen molar-refractivity contribution in [3.8, 4) is 11.5 Å². The van der Waals surface area contributed by atoms with Gasteiger partial charge in [0.05, 0.1) is 25.3 Å². The molecule has 0 saturated heterocycles. The number of carbonyl (C=O) groups is 2. The number of methoxy groups -OCH3 is 1. The number of amides is 1. The van der Waals surface area contributed by atoms with E-state index in [1.54, 1.807) is 42.5 Å². The molecular weight excluding hydrogens is 448 g/mol. The topological polar surface area (TPSA) is 77.0 Å². The molecule has 6 nitrogen and oxygen atoms in total. The van der Waals surface area contributed by atoms with E-state index in [0.29, 0.717) is 16.9 Å². The molecule has 0 fully saturated rings. The first-order valence-corrected chi connectivity index (χ1v) is 9.86. The summed E-state index contributed by atoms with van der Waals surface area (Å²) in [5, 5.41) is 3.97. The molecule has 0 spiro atoms. The first-order valence-electron chi connectivity index (χ1n) is 9.07. The fourth-order valence-electron chi connectivity index (χ4n) is 2.59. The smallest absolute Gasteiger partial charge is 0.343 e. The predicted molar refractivity (Wildman–Crippen MR) is 118 cm³/mol. The number of rotatable bonds is 7. The number of carbonyl (C=O) groups excluding carboxylic acids is 2. The van der Waals surface area contributed by atoms with E-state index in [9.17, 15) is 9.59 Å². The van der Waals surface area contributed by atoms with E-state index in [2.05, 4.69) is 26.5 Å². The lowest BCUT2D eigenvalue weighted by Gasteiger charge is -2.10. The highest BCUT2D eigenvalue weighted by Gasteiger charge is 2.13. The van der Waals surface area contributed by atoms with Crippen LogP contribution in [0.4, 0.5) is 0 Å². The van der Waals surface area contributed by atoms with Gasteiger partial charge in [0.25, 0.3) is 0 Å². The molecule has 0 atom stereocenters. The number of benzene rings is 3. The Hall–Kier alpha value is -3.45. The van der Waals surface area contributed by atoms with Gasteiger partial charge in [-0.1, -0.05) is 46.3 Å². The molecule has 0 aliphatic heterocycles. The van der Waals surface area contributed by atoms with Crippen LogP contribution in [-0.4, -0.2) is 25.2 Å². The van der Waals surface area contributed by atoms with Crippen LogP contribution in [0.2, 0.25) is 0 Å². The fraction of sp³-hybridized carbons (Fsp3) is 0.0870. The zero-order chi connectivity index (χ0) is 21.3. The van der Waals surface area contributed by atoms with Crippen molar-refractivity contribution >= 4 is 34.0 Å². The van der Waals surface area contributed by atoms with Crippen molar-refractivity contribution in [2.24, 2.45) is 5.10 Å². The van der Waals surface area contributed by atoms with Gasteiger partial charge in [-0.05, 0) is 53.6 Å². The van der Waals surface area contributed by atoms with Gasteiger partial charge in [0.15, 0.2) is 11.5 Å². The lowest BCUT2D eigenvalue weighted by atomic mass is 10.1. The van der Waals surface area contributed by atoms with Gasteiger partial charge in [0, 0.05) is 4.47 Å². The summed E-state index contributed by atoms with van der Waals surface area (Å²) >= 11 is 3.33. The summed E-state index contributed by atoms with van der Waals surface area (Å²) in [6, 6.07) is 21.2. The van der Waals surface area contributed by atoms with Gasteiger partial charge in [0.1, 0.15) is 0 Å². The second-order valence-corrected chi connectivity index (χ2v) is 7.18. The second kappa shape index (κ2) is 10.4. The highest BCUT2D eigenvalue weighted by Crippen LogP contribution is 2.28. The Morgan fingerprint density at radius 1 is 1.00 bits per heavy atom. The van der Waals surface area contributed by atoms with Crippen LogP contribution in [0.15, 0.2) is 82.4 Å². The molecule has 7 heteroatoms. The number of ether oxygens (including phenoxy) is 2. The van der Waals surface area contributed by atoms with Crippen molar-refractivity contribution in [1.82, 2.24) is 5.43 Å². The van der Waals surface area contributed by atoms with Crippen molar-refractivity contribution in [2.45, 2.75) is 6.42 Å². The predicted octanol–water partition coefficient (Wildman–Crippen LogP) is 4.37. The number of nitrogens with one attached hydrogen (secondary N) is 1. The molecule has 30 heavy (non-hydrogen) atoms. The van der Waals surface area contributed by atoms with Crippen LogP contribution in [-0.2, 0) is 11.2 Å². The molecule has 3 aromatic carbocycles. The van der Waals surface area contributed by atoms with Crippen LogP contribution >= 0.6 is 15.9 Å². The quantitative estimate of drug-likeness (QED) is 0.242. The van der Waals surface area contributed by atoms with Crippen LogP contribution in [0, 0.1) is 0 Å². The van der Waals surface area contributed by atoms with Crippen LogP contribution < -0.4 is 14.9 Å². The Kier molecular flexibility index (Phi) is 7.34. The standard InChI is InChI=1S/C23H19BrN2O4/c1-29-21-13-17(15-25-26-22(27)14-16-5-3-2-4-6-16)7-12-20(21)30-23(28)18-8-10-19(24)11-9-18/h2-13,15H,14H2,1H3,(H,26,27)/b25-15-. The van der Waals surface area contributed by atoms with E-state index >= 15 is 0 Å². The molecule has 0 unspecified atom stereocenters. The summed E-state index contributed by atoms with van der Waals surface area (Å²) in [6.07, 6.45) is 1.73. The number of nitrogens with zero attached hydrogens (tertiary/aromatic N) is 1. The Morgan fingerprint density at radius 2 is 1.73 bits per heavy atom. The minimum absolute atomic E-state index is 0.218. The average Bonchev–Trinajstić information content (AvgIpc) is 2.75. The SMILES string of the molecule is COc1cc(/C=N\NC(=O)Cc2ccccc2)ccc1OC(=O)c1ccc(Br)cc1. The van der Waals surface area contributed by atoms with Crippen molar-refractivity contribution < 1.29 is 19.1 Å². The third-order valence-corrected chi connectivity index (χ3v) is 4.61. The highest BCUT2D eigenvalue weighted by atomic mass is 79.9. The summed E-state index contributed by atoms with van der Waals surface area (Å²) in [5.74, 6) is -0.0458. The van der Waals surface area contributed by atoms with E-state index < -0.39 is 5.97 Å². The molecule has 3 rings (SSSR count). The number of halogens is 1. The summed E-state index contributed by atoms with van der Waals surface area (Å²) in [6.45, 7) is 0. The van der Waals surface area contributed by atoms with Crippen molar-refractivity contribution in [2.75, 3.05) is 7.11 Å². The molecule has 152 valence electrons. The van der Waals surface area contributed by atoms with Crippen LogP contribution in [0.5, 0.6) is 11.5 Å². The van der Waals surface area contributed by atoms with Gasteiger partial charge in [-0.25, -0.2) is 10.2 Å². The van der Waals surface area contributed by atoms with Gasteiger partial charge < -0.3 is 9.47 Å². The lowest BCUT2D eigenvalue weighted by Crippen LogP contribution is -2.19. The molecule has 0 saturated carbocycles. The molecular formula is C23H19BrN2O4. The minimum atomic E-state index is -0.490. The third kappa shape index (κ3) is 6.02. The maximum Gasteiger partial charge on any atom is 0.343 e. The molecule has 0 aliphatic carbocycles. The Bertz CT molecular complexity index is 1050. The Labute approximate surface area is 182 Å². The van der Waals surface area contributed by atoms with Gasteiger partial charge >= 0.3 is 5.97 Å². The summed E-state index contributed by atoms with van der Waals surface area (Å²) < 4.78 is 11.6. The van der Waals surface area contributed by atoms with Gasteiger partial charge in [-0.3, -0.25) is 4.79 Å². The molecule has 0 bridgehead atoms. The molecule has 1 N–H and O–H groups in total. The second-order valence-electron chi connectivity index (χ2n) is 6.26. The fourth-order valence-corrected chi connectivity index (χ4v) is 2.86. The monoisotopic (exact) mass is 466 g/mol. The Balaban J connectivity index is 1.62. The average molecular weight is 467 g/mol. The summed E-state index contributed by atoms with van der Waals surface area (Å²) in [4.78, 5) is 24.3. The first kappa shape index (κ1) is 21.3. The molecule has 0 heterocycles. The van der Waals surface area contributed by atoms with Crippen LogP contribution in [0.3, 0.4) is 0 Å². The van der Waals surface area contributed by atoms with Crippen molar-refractivity contribution in [3.05, 3.63) is 94.0 Å². The number of hydrogen-bond donors (Lipinski definition) is 1. The normalized spacial score (nSPS) is 10.6. The van der Waals surface area contributed by atoms with E-state index in [-0.39, 0.29) is 18.1 Å². The third-order valence-electron chi connectivity index (χ3n) is 4.08. The summed E-state index contributed by atoms with van der Waals surface area (Å²) in [7, 11) is 1.48.